The van der Waals surface area contributed by atoms with E-state index in [1.165, 1.54) is 11.1 Å². The fourth-order valence-electron chi connectivity index (χ4n) is 2.49. The quantitative estimate of drug-likeness (QED) is 0.634. The van der Waals surface area contributed by atoms with E-state index in [0.717, 1.165) is 17.3 Å². The zero-order valence-electron chi connectivity index (χ0n) is 15.7. The minimum Gasteiger partial charge on any atom is -0.497 e. The number of aryl methyl sites for hydroxylation is 1. The Balaban J connectivity index is 1.70. The van der Waals surface area contributed by atoms with Gasteiger partial charge >= 0.3 is 0 Å². The molecule has 26 heavy (non-hydrogen) atoms. The molecule has 0 aliphatic rings. The average Bonchev–Trinajstić information content (AvgIpc) is 2.66. The molecule has 0 spiro atoms. The number of hydrogen-bond donors (Lipinski definition) is 1. The highest BCUT2D eigenvalue weighted by Crippen LogP contribution is 2.19. The minimum absolute atomic E-state index is 0.0699. The molecule has 140 valence electrons. The molecule has 1 unspecified atom stereocenters. The number of thioether (sulfide) groups is 1. The summed E-state index contributed by atoms with van der Waals surface area (Å²) in [6.45, 7) is 4.68. The van der Waals surface area contributed by atoms with Crippen LogP contribution in [0.2, 0.25) is 0 Å². The van der Waals surface area contributed by atoms with Crippen LogP contribution in [0.4, 0.5) is 0 Å². The van der Waals surface area contributed by atoms with E-state index < -0.39 is 6.10 Å². The molecule has 0 bridgehead atoms. The molecule has 0 heterocycles. The number of hydrogen-bond acceptors (Lipinski definition) is 4. The Morgan fingerprint density at radius 2 is 1.88 bits per heavy atom. The standard InChI is InChI=1S/C21H27NO3S/c1-4-20(25-19-10-8-18(24-3)9-11-19)21(23)22-12-13-26-15-17-7-5-6-16(2)14-17/h5-11,14,20H,4,12-13,15H2,1-3H3,(H,22,23). The topological polar surface area (TPSA) is 47.6 Å². The zero-order chi connectivity index (χ0) is 18.8. The van der Waals surface area contributed by atoms with Gasteiger partial charge in [0, 0.05) is 18.1 Å². The van der Waals surface area contributed by atoms with Crippen molar-refractivity contribution in [1.29, 1.82) is 0 Å². The molecule has 0 aliphatic heterocycles. The number of rotatable bonds is 10. The van der Waals surface area contributed by atoms with Gasteiger partial charge in [0.1, 0.15) is 11.5 Å². The summed E-state index contributed by atoms with van der Waals surface area (Å²) in [5.41, 5.74) is 2.59. The monoisotopic (exact) mass is 373 g/mol. The van der Waals surface area contributed by atoms with Gasteiger partial charge in [0.25, 0.3) is 5.91 Å². The molecule has 1 amide bonds. The number of methoxy groups -OCH3 is 1. The second kappa shape index (κ2) is 10.8. The van der Waals surface area contributed by atoms with Gasteiger partial charge in [-0.2, -0.15) is 11.8 Å². The lowest BCUT2D eigenvalue weighted by Crippen LogP contribution is -2.39. The molecule has 0 saturated heterocycles. The van der Waals surface area contributed by atoms with Crippen molar-refractivity contribution < 1.29 is 14.3 Å². The van der Waals surface area contributed by atoms with E-state index in [1.54, 1.807) is 7.11 Å². The second-order valence-corrected chi connectivity index (χ2v) is 7.13. The SMILES string of the molecule is CCC(Oc1ccc(OC)cc1)C(=O)NCCSCc1cccc(C)c1. The zero-order valence-corrected chi connectivity index (χ0v) is 16.5. The highest BCUT2D eigenvalue weighted by Gasteiger charge is 2.17. The van der Waals surface area contributed by atoms with Gasteiger partial charge in [-0.3, -0.25) is 4.79 Å². The average molecular weight is 374 g/mol. The predicted octanol–water partition coefficient (Wildman–Crippen LogP) is 4.21. The Morgan fingerprint density at radius 1 is 1.15 bits per heavy atom. The summed E-state index contributed by atoms with van der Waals surface area (Å²) >= 11 is 1.81. The van der Waals surface area contributed by atoms with Crippen molar-refractivity contribution in [2.75, 3.05) is 19.4 Å². The van der Waals surface area contributed by atoms with Crippen molar-refractivity contribution >= 4 is 17.7 Å². The van der Waals surface area contributed by atoms with Crippen molar-refractivity contribution in [2.45, 2.75) is 32.1 Å². The molecule has 0 saturated carbocycles. The first kappa shape index (κ1) is 20.2. The normalized spacial score (nSPS) is 11.7. The molecule has 5 heteroatoms. The van der Waals surface area contributed by atoms with Gasteiger partial charge in [-0.05, 0) is 43.2 Å². The molecule has 2 aromatic rings. The molecular weight excluding hydrogens is 346 g/mol. The molecule has 2 aromatic carbocycles. The number of ether oxygens (including phenoxy) is 2. The van der Waals surface area contributed by atoms with Crippen molar-refractivity contribution in [3.63, 3.8) is 0 Å². The molecule has 0 aromatic heterocycles. The van der Waals surface area contributed by atoms with Crippen LogP contribution in [0, 0.1) is 6.92 Å². The summed E-state index contributed by atoms with van der Waals surface area (Å²) in [6.07, 6.45) is 0.138. The van der Waals surface area contributed by atoms with E-state index in [-0.39, 0.29) is 5.91 Å². The number of benzene rings is 2. The van der Waals surface area contributed by atoms with E-state index in [9.17, 15) is 4.79 Å². The van der Waals surface area contributed by atoms with Crippen LogP contribution in [0.25, 0.3) is 0 Å². The van der Waals surface area contributed by atoms with Gasteiger partial charge < -0.3 is 14.8 Å². The third-order valence-corrected chi connectivity index (χ3v) is 4.93. The molecule has 0 aliphatic carbocycles. The maximum absolute atomic E-state index is 12.3. The molecule has 4 nitrogen and oxygen atoms in total. The Labute approximate surface area is 160 Å². The predicted molar refractivity (Wildman–Crippen MR) is 108 cm³/mol. The summed E-state index contributed by atoms with van der Waals surface area (Å²) in [6, 6.07) is 15.8. The third-order valence-electron chi connectivity index (χ3n) is 3.90. The van der Waals surface area contributed by atoms with Crippen LogP contribution >= 0.6 is 11.8 Å². The van der Waals surface area contributed by atoms with Gasteiger partial charge in [-0.1, -0.05) is 36.8 Å². The summed E-state index contributed by atoms with van der Waals surface area (Å²) in [5.74, 6) is 3.19. The van der Waals surface area contributed by atoms with E-state index in [0.29, 0.717) is 18.7 Å². The molecule has 2 rings (SSSR count). The minimum atomic E-state index is -0.481. The molecular formula is C21H27NO3S. The van der Waals surface area contributed by atoms with Crippen LogP contribution in [-0.2, 0) is 10.5 Å². The van der Waals surface area contributed by atoms with Gasteiger partial charge in [-0.25, -0.2) is 0 Å². The van der Waals surface area contributed by atoms with Crippen LogP contribution in [-0.4, -0.2) is 31.4 Å². The fraction of sp³-hybridized carbons (Fsp3) is 0.381. The highest BCUT2D eigenvalue weighted by molar-refractivity contribution is 7.98. The lowest BCUT2D eigenvalue weighted by molar-refractivity contribution is -0.127. The first-order chi connectivity index (χ1) is 12.6. The Hall–Kier alpha value is -2.14. The van der Waals surface area contributed by atoms with E-state index in [4.69, 9.17) is 9.47 Å². The van der Waals surface area contributed by atoms with Crippen molar-refractivity contribution in [3.05, 3.63) is 59.7 Å². The lowest BCUT2D eigenvalue weighted by Gasteiger charge is -2.17. The van der Waals surface area contributed by atoms with Crippen molar-refractivity contribution in [3.8, 4) is 11.5 Å². The fourth-order valence-corrected chi connectivity index (χ4v) is 3.30. The first-order valence-corrected chi connectivity index (χ1v) is 9.99. The Morgan fingerprint density at radius 3 is 2.54 bits per heavy atom. The van der Waals surface area contributed by atoms with Crippen LogP contribution < -0.4 is 14.8 Å². The van der Waals surface area contributed by atoms with Crippen molar-refractivity contribution in [2.24, 2.45) is 0 Å². The summed E-state index contributed by atoms with van der Waals surface area (Å²) in [4.78, 5) is 12.3. The second-order valence-electron chi connectivity index (χ2n) is 6.02. The number of carbonyl (C=O) groups is 1. The Bertz CT molecular complexity index is 688. The van der Waals surface area contributed by atoms with Gasteiger partial charge in [0.2, 0.25) is 0 Å². The molecule has 0 radical (unpaired) electrons. The van der Waals surface area contributed by atoms with Gasteiger partial charge in [-0.15, -0.1) is 0 Å². The van der Waals surface area contributed by atoms with Crippen molar-refractivity contribution in [1.82, 2.24) is 5.32 Å². The number of carbonyl (C=O) groups excluding carboxylic acids is 1. The van der Waals surface area contributed by atoms with E-state index >= 15 is 0 Å². The maximum atomic E-state index is 12.3. The van der Waals surface area contributed by atoms with Crippen LogP contribution in [0.1, 0.15) is 24.5 Å². The summed E-state index contributed by atoms with van der Waals surface area (Å²) in [7, 11) is 1.62. The van der Waals surface area contributed by atoms with Gasteiger partial charge in [0.05, 0.1) is 7.11 Å². The highest BCUT2D eigenvalue weighted by atomic mass is 32.2. The Kier molecular flexibility index (Phi) is 8.35. The first-order valence-electron chi connectivity index (χ1n) is 8.84. The van der Waals surface area contributed by atoms with Crippen LogP contribution in [0.5, 0.6) is 11.5 Å². The summed E-state index contributed by atoms with van der Waals surface area (Å²) in [5, 5.41) is 2.96. The van der Waals surface area contributed by atoms with Crippen LogP contribution in [0.15, 0.2) is 48.5 Å². The number of nitrogens with one attached hydrogen (secondary N) is 1. The lowest BCUT2D eigenvalue weighted by atomic mass is 10.2. The summed E-state index contributed by atoms with van der Waals surface area (Å²) < 4.78 is 10.9. The third kappa shape index (κ3) is 6.64. The molecule has 1 N–H and O–H groups in total. The van der Waals surface area contributed by atoms with E-state index in [1.807, 2.05) is 43.0 Å². The molecule has 0 fully saturated rings. The smallest absolute Gasteiger partial charge is 0.261 e. The van der Waals surface area contributed by atoms with Gasteiger partial charge in [0.15, 0.2) is 6.10 Å². The maximum Gasteiger partial charge on any atom is 0.261 e. The largest absolute Gasteiger partial charge is 0.497 e. The van der Waals surface area contributed by atoms with Crippen LogP contribution in [0.3, 0.4) is 0 Å². The van der Waals surface area contributed by atoms with E-state index in [2.05, 4.69) is 36.5 Å². The molecule has 1 atom stereocenters. The number of amides is 1.